The zero-order valence-corrected chi connectivity index (χ0v) is 14.7. The predicted octanol–water partition coefficient (Wildman–Crippen LogP) is 3.92. The molecule has 1 aromatic rings. The van der Waals surface area contributed by atoms with Crippen LogP contribution in [0.3, 0.4) is 0 Å². The average Bonchev–Trinajstić information content (AvgIpc) is 2.68. The van der Waals surface area contributed by atoms with Crippen LogP contribution in [0.4, 0.5) is 0 Å². The van der Waals surface area contributed by atoms with Crippen molar-refractivity contribution >= 4 is 52.9 Å². The number of thiophene rings is 1. The molecule has 20 heavy (non-hydrogen) atoms. The normalized spacial score (nSPS) is 10.2. The van der Waals surface area contributed by atoms with Gasteiger partial charge in [0.15, 0.2) is 0 Å². The third kappa shape index (κ3) is 8.32. The second-order valence-corrected chi connectivity index (χ2v) is 6.59. The molecule has 116 valence electrons. The number of hydrogen-bond donors (Lipinski definition) is 2. The minimum atomic E-state index is 0. The summed E-state index contributed by atoms with van der Waals surface area (Å²) in [5.74, 6) is 0.0933. The van der Waals surface area contributed by atoms with Crippen LogP contribution in [0.15, 0.2) is 6.07 Å². The summed E-state index contributed by atoms with van der Waals surface area (Å²) in [6.45, 7) is 4.62. The molecule has 0 saturated carbocycles. The first-order valence-corrected chi connectivity index (χ1v) is 8.11. The molecular formula is C13H21Cl3N2OS. The van der Waals surface area contributed by atoms with Crippen molar-refractivity contribution in [2.24, 2.45) is 0 Å². The van der Waals surface area contributed by atoms with E-state index in [1.54, 1.807) is 0 Å². The molecule has 0 aromatic carbocycles. The summed E-state index contributed by atoms with van der Waals surface area (Å²) in [5.41, 5.74) is 1.04. The molecule has 0 aliphatic heterocycles. The van der Waals surface area contributed by atoms with Gasteiger partial charge >= 0.3 is 0 Å². The van der Waals surface area contributed by atoms with Crippen LogP contribution >= 0.6 is 46.9 Å². The SMILES string of the molecule is CCCNCCNC(=O)CCCc1cc(Cl)sc1Cl.Cl. The smallest absolute Gasteiger partial charge is 0.220 e. The molecule has 0 radical (unpaired) electrons. The van der Waals surface area contributed by atoms with Crippen molar-refractivity contribution in [3.63, 3.8) is 0 Å². The van der Waals surface area contributed by atoms with Crippen molar-refractivity contribution < 1.29 is 4.79 Å². The van der Waals surface area contributed by atoms with Gasteiger partial charge in [0.05, 0.1) is 8.67 Å². The molecular weight excluding hydrogens is 339 g/mol. The van der Waals surface area contributed by atoms with Gasteiger partial charge in [0.1, 0.15) is 0 Å². The van der Waals surface area contributed by atoms with Gasteiger partial charge in [0.25, 0.3) is 0 Å². The van der Waals surface area contributed by atoms with Crippen LogP contribution in [0.2, 0.25) is 8.67 Å². The van der Waals surface area contributed by atoms with Gasteiger partial charge in [-0.3, -0.25) is 4.79 Å². The zero-order valence-electron chi connectivity index (χ0n) is 11.5. The lowest BCUT2D eigenvalue weighted by Gasteiger charge is -2.06. The van der Waals surface area contributed by atoms with Crippen molar-refractivity contribution in [3.8, 4) is 0 Å². The third-order valence-corrected chi connectivity index (χ3v) is 4.20. The number of amides is 1. The first-order valence-electron chi connectivity index (χ1n) is 6.54. The molecule has 3 nitrogen and oxygen atoms in total. The lowest BCUT2D eigenvalue weighted by Crippen LogP contribution is -2.31. The maximum absolute atomic E-state index is 11.6. The van der Waals surface area contributed by atoms with Gasteiger partial charge in [0.2, 0.25) is 5.91 Å². The number of halogens is 3. The number of aryl methyl sites for hydroxylation is 1. The summed E-state index contributed by atoms with van der Waals surface area (Å²) in [6.07, 6.45) is 3.22. The quantitative estimate of drug-likeness (QED) is 0.656. The molecule has 0 atom stereocenters. The van der Waals surface area contributed by atoms with Crippen LogP contribution in [0.1, 0.15) is 31.7 Å². The summed E-state index contributed by atoms with van der Waals surface area (Å²) in [7, 11) is 0. The summed E-state index contributed by atoms with van der Waals surface area (Å²) >= 11 is 13.3. The number of rotatable bonds is 9. The molecule has 0 aliphatic carbocycles. The number of hydrogen-bond acceptors (Lipinski definition) is 3. The minimum absolute atomic E-state index is 0. The Balaban J connectivity index is 0.00000361. The van der Waals surface area contributed by atoms with Crippen LogP contribution in [0.25, 0.3) is 0 Å². The van der Waals surface area contributed by atoms with Gasteiger partial charge in [-0.2, -0.15) is 0 Å². The van der Waals surface area contributed by atoms with Gasteiger partial charge < -0.3 is 10.6 Å². The van der Waals surface area contributed by atoms with Gasteiger partial charge in [-0.15, -0.1) is 23.7 Å². The van der Waals surface area contributed by atoms with E-state index >= 15 is 0 Å². The maximum atomic E-state index is 11.6. The van der Waals surface area contributed by atoms with E-state index < -0.39 is 0 Å². The minimum Gasteiger partial charge on any atom is -0.355 e. The molecule has 2 N–H and O–H groups in total. The van der Waals surface area contributed by atoms with Gasteiger partial charge in [-0.1, -0.05) is 30.1 Å². The van der Waals surface area contributed by atoms with E-state index in [4.69, 9.17) is 23.2 Å². The number of carbonyl (C=O) groups excluding carboxylic acids is 1. The number of carbonyl (C=O) groups is 1. The summed E-state index contributed by atoms with van der Waals surface area (Å²) in [5, 5.41) is 6.13. The van der Waals surface area contributed by atoms with Crippen molar-refractivity contribution in [2.45, 2.75) is 32.6 Å². The lowest BCUT2D eigenvalue weighted by molar-refractivity contribution is -0.121. The van der Waals surface area contributed by atoms with Crippen molar-refractivity contribution in [1.82, 2.24) is 10.6 Å². The highest BCUT2D eigenvalue weighted by Gasteiger charge is 2.07. The summed E-state index contributed by atoms with van der Waals surface area (Å²) in [6, 6.07) is 1.88. The molecule has 1 rings (SSSR count). The Morgan fingerprint density at radius 2 is 2.05 bits per heavy atom. The Morgan fingerprint density at radius 1 is 1.30 bits per heavy atom. The van der Waals surface area contributed by atoms with E-state index in [0.717, 1.165) is 42.3 Å². The summed E-state index contributed by atoms with van der Waals surface area (Å²) < 4.78 is 1.43. The Morgan fingerprint density at radius 3 is 2.65 bits per heavy atom. The molecule has 0 unspecified atom stereocenters. The van der Waals surface area contributed by atoms with Crippen LogP contribution in [0, 0.1) is 0 Å². The summed E-state index contributed by atoms with van der Waals surface area (Å²) in [4.78, 5) is 11.6. The van der Waals surface area contributed by atoms with E-state index in [1.807, 2.05) is 6.07 Å². The molecule has 0 bridgehead atoms. The highest BCUT2D eigenvalue weighted by molar-refractivity contribution is 7.20. The van der Waals surface area contributed by atoms with Crippen LogP contribution in [0.5, 0.6) is 0 Å². The van der Waals surface area contributed by atoms with E-state index in [-0.39, 0.29) is 18.3 Å². The van der Waals surface area contributed by atoms with Crippen molar-refractivity contribution in [2.75, 3.05) is 19.6 Å². The molecule has 0 fully saturated rings. The van der Waals surface area contributed by atoms with Gasteiger partial charge in [-0.25, -0.2) is 0 Å². The van der Waals surface area contributed by atoms with Crippen LogP contribution < -0.4 is 10.6 Å². The molecule has 0 saturated heterocycles. The standard InChI is InChI=1S/C13H20Cl2N2OS.ClH/c1-2-6-16-7-8-17-12(18)5-3-4-10-9-11(14)19-13(10)15;/h9,16H,2-8H2,1H3,(H,17,18);1H. The van der Waals surface area contributed by atoms with E-state index in [1.165, 1.54) is 11.3 Å². The predicted molar refractivity (Wildman–Crippen MR) is 90.7 cm³/mol. The van der Waals surface area contributed by atoms with Crippen molar-refractivity contribution in [3.05, 3.63) is 20.3 Å². The van der Waals surface area contributed by atoms with Crippen LogP contribution in [-0.4, -0.2) is 25.5 Å². The molecule has 7 heteroatoms. The molecule has 1 amide bonds. The lowest BCUT2D eigenvalue weighted by atomic mass is 10.1. The monoisotopic (exact) mass is 358 g/mol. The van der Waals surface area contributed by atoms with Crippen molar-refractivity contribution in [1.29, 1.82) is 0 Å². The largest absolute Gasteiger partial charge is 0.355 e. The second kappa shape index (κ2) is 11.6. The molecule has 0 aliphatic rings. The average molecular weight is 360 g/mol. The maximum Gasteiger partial charge on any atom is 0.220 e. The zero-order chi connectivity index (χ0) is 14.1. The highest BCUT2D eigenvalue weighted by atomic mass is 35.5. The fourth-order valence-electron chi connectivity index (χ4n) is 1.66. The van der Waals surface area contributed by atoms with Gasteiger partial charge in [-0.05, 0) is 37.4 Å². The second-order valence-electron chi connectivity index (χ2n) is 4.30. The fraction of sp³-hybridized carbons (Fsp3) is 0.615. The van der Waals surface area contributed by atoms with E-state index in [0.29, 0.717) is 17.3 Å². The Labute approximate surface area is 140 Å². The Bertz CT molecular complexity index is 399. The molecule has 1 aromatic heterocycles. The van der Waals surface area contributed by atoms with Crippen LogP contribution in [-0.2, 0) is 11.2 Å². The first-order chi connectivity index (χ1) is 9.13. The van der Waals surface area contributed by atoms with E-state index in [9.17, 15) is 4.79 Å². The highest BCUT2D eigenvalue weighted by Crippen LogP contribution is 2.31. The first kappa shape index (κ1) is 20.0. The molecule has 0 spiro atoms. The van der Waals surface area contributed by atoms with E-state index in [2.05, 4.69) is 17.6 Å². The third-order valence-electron chi connectivity index (χ3n) is 2.63. The Kier molecular flexibility index (Phi) is 11.6. The topological polar surface area (TPSA) is 41.1 Å². The fourth-order valence-corrected chi connectivity index (χ4v) is 3.21. The Hall–Kier alpha value is -0.000000000000000222. The number of nitrogens with one attached hydrogen (secondary N) is 2. The van der Waals surface area contributed by atoms with Gasteiger partial charge in [0, 0.05) is 19.5 Å². The molecule has 1 heterocycles.